The molecule has 1 atom stereocenters. The predicted molar refractivity (Wildman–Crippen MR) is 39.9 cm³/mol. The molecule has 12 heavy (non-hydrogen) atoms. The summed E-state index contributed by atoms with van der Waals surface area (Å²) in [5, 5.41) is 25.1. The first-order chi connectivity index (χ1) is 5.63. The van der Waals surface area contributed by atoms with Crippen LogP contribution in [-0.2, 0) is 4.79 Å². The van der Waals surface area contributed by atoms with Crippen molar-refractivity contribution in [1.29, 1.82) is 10.5 Å². The van der Waals surface area contributed by atoms with Gasteiger partial charge in [0.05, 0.1) is 25.2 Å². The Kier molecular flexibility index (Phi) is 4.43. The van der Waals surface area contributed by atoms with E-state index in [1.54, 1.807) is 12.1 Å². The van der Waals surface area contributed by atoms with Crippen molar-refractivity contribution in [2.24, 2.45) is 0 Å². The summed E-state index contributed by atoms with van der Waals surface area (Å²) >= 11 is 0. The normalized spacial score (nSPS) is 11.7. The van der Waals surface area contributed by atoms with E-state index in [2.05, 4.69) is 0 Å². The zero-order valence-corrected chi connectivity index (χ0v) is 6.69. The van der Waals surface area contributed by atoms with Crippen molar-refractivity contribution in [2.45, 2.75) is 13.0 Å². The van der Waals surface area contributed by atoms with Gasteiger partial charge < -0.3 is 5.11 Å². The molecule has 1 N–H and O–H groups in total. The molecule has 0 aliphatic rings. The summed E-state index contributed by atoms with van der Waals surface area (Å²) in [5.41, 5.74) is 0. The van der Waals surface area contributed by atoms with Crippen LogP contribution in [0.25, 0.3) is 0 Å². The van der Waals surface area contributed by atoms with Gasteiger partial charge in [0.1, 0.15) is 6.04 Å². The maximum absolute atomic E-state index is 10.4. The molecule has 0 fully saturated rings. The first kappa shape index (κ1) is 10.4. The Labute approximate surface area is 70.4 Å². The van der Waals surface area contributed by atoms with Crippen LogP contribution in [0.5, 0.6) is 0 Å². The minimum Gasteiger partial charge on any atom is -0.480 e. The van der Waals surface area contributed by atoms with Crippen molar-refractivity contribution >= 4 is 5.97 Å². The van der Waals surface area contributed by atoms with Crippen LogP contribution < -0.4 is 0 Å². The maximum Gasteiger partial charge on any atom is 0.320 e. The Morgan fingerprint density at radius 2 is 1.92 bits per heavy atom. The van der Waals surface area contributed by atoms with Gasteiger partial charge in [0.2, 0.25) is 0 Å². The van der Waals surface area contributed by atoms with E-state index < -0.39 is 12.0 Å². The molecule has 5 heteroatoms. The summed E-state index contributed by atoms with van der Waals surface area (Å²) in [6, 6.07) is 2.81. The molecule has 0 aromatic heterocycles. The van der Waals surface area contributed by atoms with Gasteiger partial charge >= 0.3 is 5.97 Å². The van der Waals surface area contributed by atoms with Crippen LogP contribution in [0.3, 0.4) is 0 Å². The van der Waals surface area contributed by atoms with Crippen LogP contribution in [0.4, 0.5) is 0 Å². The molecular weight excluding hydrogens is 158 g/mol. The minimum atomic E-state index is -1.03. The van der Waals surface area contributed by atoms with Gasteiger partial charge in [0, 0.05) is 0 Å². The van der Waals surface area contributed by atoms with Gasteiger partial charge in [-0.15, -0.1) is 0 Å². The summed E-state index contributed by atoms with van der Waals surface area (Å²) in [5.74, 6) is -1.03. The largest absolute Gasteiger partial charge is 0.480 e. The second-order valence-corrected chi connectivity index (χ2v) is 2.24. The van der Waals surface area contributed by atoms with Gasteiger partial charge in [0.25, 0.3) is 0 Å². The molecule has 0 aliphatic heterocycles. The zero-order valence-electron chi connectivity index (χ0n) is 6.69. The molecule has 0 aliphatic carbocycles. The number of nitriles is 2. The molecule has 0 bridgehead atoms. The van der Waals surface area contributed by atoms with E-state index in [0.29, 0.717) is 0 Å². The third-order valence-corrected chi connectivity index (χ3v) is 1.45. The Morgan fingerprint density at radius 3 is 2.17 bits per heavy atom. The Balaban J connectivity index is 4.22. The summed E-state index contributed by atoms with van der Waals surface area (Å²) in [6.45, 7) is 1.36. The van der Waals surface area contributed by atoms with Gasteiger partial charge in [0.15, 0.2) is 0 Å². The molecule has 0 spiro atoms. The lowest BCUT2D eigenvalue weighted by Crippen LogP contribution is -2.39. The fourth-order valence-electron chi connectivity index (χ4n) is 0.668. The van der Waals surface area contributed by atoms with E-state index in [4.69, 9.17) is 15.6 Å². The van der Waals surface area contributed by atoms with Crippen molar-refractivity contribution in [2.75, 3.05) is 13.1 Å². The van der Waals surface area contributed by atoms with Crippen LogP contribution in [0.1, 0.15) is 6.92 Å². The highest BCUT2D eigenvalue weighted by Crippen LogP contribution is 1.96. The number of carboxylic acids is 1. The average molecular weight is 167 g/mol. The lowest BCUT2D eigenvalue weighted by Gasteiger charge is -2.19. The van der Waals surface area contributed by atoms with E-state index >= 15 is 0 Å². The summed E-state index contributed by atoms with van der Waals surface area (Å²) < 4.78 is 0. The van der Waals surface area contributed by atoms with Crippen LogP contribution in [0.2, 0.25) is 0 Å². The fourth-order valence-corrected chi connectivity index (χ4v) is 0.668. The highest BCUT2D eigenvalue weighted by molar-refractivity contribution is 5.72. The molecule has 64 valence electrons. The molecule has 0 aromatic carbocycles. The highest BCUT2D eigenvalue weighted by Gasteiger charge is 2.19. The van der Waals surface area contributed by atoms with Crippen LogP contribution >= 0.6 is 0 Å². The molecule has 5 nitrogen and oxygen atoms in total. The zero-order chi connectivity index (χ0) is 9.56. The summed E-state index contributed by atoms with van der Waals surface area (Å²) in [6.07, 6.45) is 0. The van der Waals surface area contributed by atoms with E-state index in [9.17, 15) is 4.79 Å². The first-order valence-electron chi connectivity index (χ1n) is 3.34. The average Bonchev–Trinajstić information content (AvgIpc) is 2.03. The van der Waals surface area contributed by atoms with Gasteiger partial charge in [-0.1, -0.05) is 0 Å². The first-order valence-corrected chi connectivity index (χ1v) is 3.34. The van der Waals surface area contributed by atoms with Crippen molar-refractivity contribution in [3.63, 3.8) is 0 Å². The van der Waals surface area contributed by atoms with Gasteiger partial charge in [-0.3, -0.25) is 9.69 Å². The SMILES string of the molecule is CC(C(=O)O)N(CC#N)CC#N. The Bertz CT molecular complexity index is 222. The molecule has 1 unspecified atom stereocenters. The van der Waals surface area contributed by atoms with Crippen LogP contribution in [0.15, 0.2) is 0 Å². The van der Waals surface area contributed by atoms with E-state index in [1.165, 1.54) is 11.8 Å². The molecule has 0 saturated heterocycles. The molecule has 0 amide bonds. The highest BCUT2D eigenvalue weighted by atomic mass is 16.4. The lowest BCUT2D eigenvalue weighted by molar-refractivity contribution is -0.142. The van der Waals surface area contributed by atoms with E-state index in [1.807, 2.05) is 0 Å². The van der Waals surface area contributed by atoms with Gasteiger partial charge in [-0.05, 0) is 6.92 Å². The Hall–Kier alpha value is -1.59. The molecule has 0 rings (SSSR count). The van der Waals surface area contributed by atoms with Gasteiger partial charge in [-0.2, -0.15) is 10.5 Å². The van der Waals surface area contributed by atoms with Gasteiger partial charge in [-0.25, -0.2) is 0 Å². The monoisotopic (exact) mass is 167 g/mol. The minimum absolute atomic E-state index is 0.0406. The lowest BCUT2D eigenvalue weighted by atomic mass is 10.3. The number of carbonyl (C=O) groups is 1. The number of aliphatic carboxylic acids is 1. The topological polar surface area (TPSA) is 88.1 Å². The van der Waals surface area contributed by atoms with Crippen molar-refractivity contribution in [3.8, 4) is 12.1 Å². The van der Waals surface area contributed by atoms with E-state index in [0.717, 1.165) is 0 Å². The number of hydrogen-bond donors (Lipinski definition) is 1. The number of hydrogen-bond acceptors (Lipinski definition) is 4. The molecular formula is C7H9N3O2. The van der Waals surface area contributed by atoms with Crippen molar-refractivity contribution in [1.82, 2.24) is 4.90 Å². The van der Waals surface area contributed by atoms with Crippen LogP contribution in [-0.4, -0.2) is 35.1 Å². The standard InChI is InChI=1S/C7H9N3O2/c1-6(7(11)12)10(4-2-8)5-3-9/h6H,4-5H2,1H3,(H,11,12). The molecule has 0 heterocycles. The number of carboxylic acid groups (broad SMARTS) is 1. The number of rotatable bonds is 4. The summed E-state index contributed by atoms with van der Waals surface area (Å²) in [4.78, 5) is 11.7. The Morgan fingerprint density at radius 1 is 1.50 bits per heavy atom. The second kappa shape index (κ2) is 5.11. The predicted octanol–water partition coefficient (Wildman–Crippen LogP) is -0.191. The molecule has 0 saturated carbocycles. The van der Waals surface area contributed by atoms with Crippen LogP contribution in [0, 0.1) is 22.7 Å². The van der Waals surface area contributed by atoms with Crippen molar-refractivity contribution in [3.05, 3.63) is 0 Å². The third kappa shape index (κ3) is 3.00. The van der Waals surface area contributed by atoms with E-state index in [-0.39, 0.29) is 13.1 Å². The smallest absolute Gasteiger partial charge is 0.320 e. The molecule has 0 aromatic rings. The van der Waals surface area contributed by atoms with Crippen molar-refractivity contribution < 1.29 is 9.90 Å². The maximum atomic E-state index is 10.4. The fraction of sp³-hybridized carbons (Fsp3) is 0.571. The molecule has 0 radical (unpaired) electrons. The third-order valence-electron chi connectivity index (χ3n) is 1.45. The summed E-state index contributed by atoms with van der Waals surface area (Å²) in [7, 11) is 0. The quantitative estimate of drug-likeness (QED) is 0.586. The number of nitrogens with zero attached hydrogens (tertiary/aromatic N) is 3. The second-order valence-electron chi connectivity index (χ2n) is 2.24.